The maximum Gasteiger partial charge on any atom is 0.171 e. The quantitative estimate of drug-likeness (QED) is 0.491. The van der Waals surface area contributed by atoms with Crippen LogP contribution in [-0.4, -0.2) is 33.8 Å². The molecule has 15 heavy (non-hydrogen) atoms. The highest BCUT2D eigenvalue weighted by Crippen LogP contribution is 2.41. The summed E-state index contributed by atoms with van der Waals surface area (Å²) >= 11 is 0. The maximum absolute atomic E-state index is 8.48. The summed E-state index contributed by atoms with van der Waals surface area (Å²) in [6.45, 7) is 3.67. The molecule has 0 fully saturated rings. The molecule has 0 radical (unpaired) electrons. The maximum atomic E-state index is 8.48. The molecule has 2 unspecified atom stereocenters. The summed E-state index contributed by atoms with van der Waals surface area (Å²) in [4.78, 5) is 0. The number of hydrogen-bond donors (Lipinski definition) is 0. The van der Waals surface area contributed by atoms with E-state index in [1.165, 1.54) is 0 Å². The molecule has 0 rings (SSSR count). The molecule has 0 saturated carbocycles. The van der Waals surface area contributed by atoms with Crippen molar-refractivity contribution < 1.29 is 18.1 Å². The van der Waals surface area contributed by atoms with Crippen molar-refractivity contribution in [3.8, 4) is 6.07 Å². The number of nitriles is 1. The van der Waals surface area contributed by atoms with E-state index in [1.54, 1.807) is 14.2 Å². The molecule has 0 aromatic rings. The molecule has 2 atom stereocenters. The lowest BCUT2D eigenvalue weighted by Crippen LogP contribution is -2.12. The normalized spacial score (nSPS) is 16.7. The third-order valence-corrected chi connectivity index (χ3v) is 3.63. The largest absolute Gasteiger partial charge is 0.338 e. The van der Waals surface area contributed by atoms with Crippen LogP contribution < -0.4 is 0 Å². The SMILES string of the molecule is COP(C)OC(CCC#N)OP(C)OC. The van der Waals surface area contributed by atoms with E-state index in [-0.39, 0.29) is 0 Å². The zero-order valence-electron chi connectivity index (χ0n) is 9.47. The first-order valence-corrected chi connectivity index (χ1v) is 7.65. The average molecular weight is 253 g/mol. The molecule has 0 N–H and O–H groups in total. The van der Waals surface area contributed by atoms with Crippen LogP contribution in [0.3, 0.4) is 0 Å². The summed E-state index contributed by atoms with van der Waals surface area (Å²) in [5, 5.41) is 8.48. The van der Waals surface area contributed by atoms with E-state index in [4.69, 9.17) is 23.4 Å². The van der Waals surface area contributed by atoms with Crippen LogP contribution in [0.25, 0.3) is 0 Å². The average Bonchev–Trinajstić information content (AvgIpc) is 2.25. The van der Waals surface area contributed by atoms with Gasteiger partial charge in [-0.05, 0) is 0 Å². The van der Waals surface area contributed by atoms with E-state index < -0.39 is 23.0 Å². The summed E-state index contributed by atoms with van der Waals surface area (Å²) in [7, 11) is 1.26. The number of rotatable bonds is 8. The Bertz CT molecular complexity index is 188. The molecule has 0 heterocycles. The number of nitrogens with zero attached hydrogens (tertiary/aromatic N) is 1. The Hall–Kier alpha value is 0.190. The van der Waals surface area contributed by atoms with Crippen molar-refractivity contribution in [3.05, 3.63) is 0 Å². The topological polar surface area (TPSA) is 60.7 Å². The van der Waals surface area contributed by atoms with Gasteiger partial charge < -0.3 is 18.1 Å². The summed E-state index contributed by atoms with van der Waals surface area (Å²) in [6.07, 6.45) is 0.504. The van der Waals surface area contributed by atoms with Gasteiger partial charge in [0.1, 0.15) is 0 Å². The van der Waals surface area contributed by atoms with E-state index in [0.29, 0.717) is 12.8 Å². The lowest BCUT2D eigenvalue weighted by atomic mass is 10.3. The van der Waals surface area contributed by atoms with Gasteiger partial charge in [0, 0.05) is 40.4 Å². The summed E-state index contributed by atoms with van der Waals surface area (Å²) in [5.41, 5.74) is 0. The molecule has 0 amide bonds. The lowest BCUT2D eigenvalue weighted by Gasteiger charge is -2.22. The van der Waals surface area contributed by atoms with Crippen molar-refractivity contribution in [2.75, 3.05) is 27.5 Å². The molecule has 0 aromatic carbocycles. The molecular formula is C8H17NO4P2. The van der Waals surface area contributed by atoms with Gasteiger partial charge in [-0.15, -0.1) is 0 Å². The Morgan fingerprint density at radius 1 is 1.13 bits per heavy atom. The van der Waals surface area contributed by atoms with Crippen LogP contribution in [0.1, 0.15) is 12.8 Å². The molecular weight excluding hydrogens is 236 g/mol. The van der Waals surface area contributed by atoms with Gasteiger partial charge >= 0.3 is 0 Å². The Morgan fingerprint density at radius 2 is 1.60 bits per heavy atom. The molecule has 0 aliphatic heterocycles. The zero-order chi connectivity index (χ0) is 11.7. The van der Waals surface area contributed by atoms with Crippen LogP contribution in [0.5, 0.6) is 0 Å². The Balaban J connectivity index is 4.00. The smallest absolute Gasteiger partial charge is 0.171 e. The minimum atomic E-state index is -0.949. The fourth-order valence-corrected chi connectivity index (χ4v) is 1.92. The van der Waals surface area contributed by atoms with Gasteiger partial charge in [0.25, 0.3) is 0 Å². The predicted molar refractivity (Wildman–Crippen MR) is 60.5 cm³/mol. The van der Waals surface area contributed by atoms with Crippen LogP contribution >= 0.6 is 16.8 Å². The summed E-state index contributed by atoms with van der Waals surface area (Å²) < 4.78 is 21.0. The van der Waals surface area contributed by atoms with Gasteiger partial charge in [-0.25, -0.2) is 0 Å². The van der Waals surface area contributed by atoms with Crippen LogP contribution in [0, 0.1) is 11.3 Å². The summed E-state index contributed by atoms with van der Waals surface area (Å²) in [5.74, 6) is 0. The molecule has 0 aromatic heterocycles. The highest BCUT2D eigenvalue weighted by molar-refractivity contribution is 7.47. The zero-order valence-corrected chi connectivity index (χ0v) is 11.3. The van der Waals surface area contributed by atoms with Gasteiger partial charge in [-0.1, -0.05) is 0 Å². The minimum absolute atomic E-state index is 0.393. The minimum Gasteiger partial charge on any atom is -0.338 e. The Kier molecular flexibility index (Phi) is 9.54. The predicted octanol–water partition coefficient (Wildman–Crippen LogP) is 2.83. The highest BCUT2D eigenvalue weighted by atomic mass is 31.2. The van der Waals surface area contributed by atoms with Gasteiger partial charge in [0.05, 0.1) is 6.07 Å². The Labute approximate surface area is 93.5 Å². The molecule has 0 saturated heterocycles. The van der Waals surface area contributed by atoms with Crippen molar-refractivity contribution in [1.82, 2.24) is 0 Å². The van der Waals surface area contributed by atoms with Crippen molar-refractivity contribution >= 4 is 16.8 Å². The molecule has 0 aliphatic carbocycles. The van der Waals surface area contributed by atoms with Crippen molar-refractivity contribution in [2.24, 2.45) is 0 Å². The fourth-order valence-electron chi connectivity index (χ4n) is 0.724. The third kappa shape index (κ3) is 8.04. The lowest BCUT2D eigenvalue weighted by molar-refractivity contribution is 0.00171. The fraction of sp³-hybridized carbons (Fsp3) is 0.875. The van der Waals surface area contributed by atoms with Crippen LogP contribution in [0.15, 0.2) is 0 Å². The van der Waals surface area contributed by atoms with E-state index in [2.05, 4.69) is 6.07 Å². The molecule has 7 heteroatoms. The second kappa shape index (κ2) is 9.42. The second-order valence-corrected chi connectivity index (χ2v) is 5.49. The molecule has 0 bridgehead atoms. The van der Waals surface area contributed by atoms with Gasteiger partial charge in [-0.3, -0.25) is 0 Å². The second-order valence-electron chi connectivity index (χ2n) is 2.58. The standard InChI is InChI=1S/C8H17NO4P2/c1-10-14(3)12-8(6-5-7-9)13-15(4)11-2/h8H,5-6H2,1-4H3. The van der Waals surface area contributed by atoms with E-state index in [9.17, 15) is 0 Å². The first kappa shape index (κ1) is 15.2. The van der Waals surface area contributed by atoms with Gasteiger partial charge in [-0.2, -0.15) is 5.26 Å². The first-order chi connectivity index (χ1) is 7.13. The first-order valence-electron chi connectivity index (χ1n) is 4.40. The Morgan fingerprint density at radius 3 is 1.93 bits per heavy atom. The van der Waals surface area contributed by atoms with Gasteiger partial charge in [0.2, 0.25) is 0 Å². The highest BCUT2D eigenvalue weighted by Gasteiger charge is 2.17. The van der Waals surface area contributed by atoms with Crippen molar-refractivity contribution in [3.63, 3.8) is 0 Å². The molecule has 5 nitrogen and oxygen atoms in total. The van der Waals surface area contributed by atoms with Crippen molar-refractivity contribution in [1.29, 1.82) is 5.26 Å². The van der Waals surface area contributed by atoms with E-state index >= 15 is 0 Å². The van der Waals surface area contributed by atoms with E-state index in [1.807, 2.05) is 13.3 Å². The summed E-state index contributed by atoms with van der Waals surface area (Å²) in [6, 6.07) is 2.05. The monoisotopic (exact) mass is 253 g/mol. The molecule has 88 valence electrons. The molecule has 0 spiro atoms. The third-order valence-electron chi connectivity index (χ3n) is 1.54. The van der Waals surface area contributed by atoms with Crippen LogP contribution in [-0.2, 0) is 18.1 Å². The van der Waals surface area contributed by atoms with Crippen LogP contribution in [0.4, 0.5) is 0 Å². The van der Waals surface area contributed by atoms with Crippen molar-refractivity contribution in [2.45, 2.75) is 19.1 Å². The number of hydrogen-bond acceptors (Lipinski definition) is 5. The van der Waals surface area contributed by atoms with Gasteiger partial charge in [0.15, 0.2) is 23.0 Å². The van der Waals surface area contributed by atoms with Crippen LogP contribution in [0.2, 0.25) is 0 Å². The van der Waals surface area contributed by atoms with E-state index in [0.717, 1.165) is 0 Å². The molecule has 0 aliphatic rings.